The number of rotatable bonds is 5. The fraction of sp³-hybridized carbons (Fsp3) is 0.909. The van der Waals surface area contributed by atoms with Gasteiger partial charge in [0.25, 0.3) is 5.24 Å². The fourth-order valence-electron chi connectivity index (χ4n) is 1.32. The summed E-state index contributed by atoms with van der Waals surface area (Å²) >= 11 is 1.41. The largest absolute Gasteiger partial charge is 0.333 e. The second kappa shape index (κ2) is 11.3. The monoisotopic (exact) mass is 248 g/mol. The highest BCUT2D eigenvalue weighted by molar-refractivity contribution is 8.13. The second-order valence-corrected chi connectivity index (χ2v) is 5.61. The first-order valence-electron chi connectivity index (χ1n) is 5.39. The van der Waals surface area contributed by atoms with E-state index < -0.39 is 0 Å². The van der Waals surface area contributed by atoms with Gasteiger partial charge in [-0.05, 0) is 17.6 Å². The Labute approximate surface area is 105 Å². The molecule has 0 aliphatic heterocycles. The minimum absolute atomic E-state index is 0. The van der Waals surface area contributed by atoms with Gasteiger partial charge in [-0.2, -0.15) is 0 Å². The van der Waals surface area contributed by atoms with Crippen molar-refractivity contribution in [3.63, 3.8) is 0 Å². The van der Waals surface area contributed by atoms with Gasteiger partial charge in [0.2, 0.25) is 0 Å². The number of nitrogens with zero attached hydrogens (tertiary/aromatic N) is 1. The Balaban J connectivity index is -0.000000845. The summed E-state index contributed by atoms with van der Waals surface area (Å²) < 4.78 is 0. The van der Waals surface area contributed by atoms with E-state index in [1.807, 2.05) is 11.8 Å². The van der Waals surface area contributed by atoms with Gasteiger partial charge in [0.05, 0.1) is 0 Å². The molecule has 16 heavy (non-hydrogen) atoms. The van der Waals surface area contributed by atoms with Crippen LogP contribution in [-0.4, -0.2) is 37.4 Å². The van der Waals surface area contributed by atoms with E-state index in [0.29, 0.717) is 11.8 Å². The smallest absolute Gasteiger partial charge is 0.281 e. The summed E-state index contributed by atoms with van der Waals surface area (Å²) in [5, 5.41) is 0.231. The molecule has 0 unspecified atom stereocenters. The van der Waals surface area contributed by atoms with Gasteiger partial charge in [0.1, 0.15) is 0 Å². The van der Waals surface area contributed by atoms with Gasteiger partial charge < -0.3 is 4.90 Å². The average Bonchev–Trinajstić information content (AvgIpc) is 2.01. The number of hydrogen-bond donors (Lipinski definition) is 0. The molecule has 3 radical (unpaired) electrons. The summed E-state index contributed by atoms with van der Waals surface area (Å²) in [5.41, 5.74) is 0. The molecule has 95 valence electrons. The zero-order chi connectivity index (χ0) is 11.1. The fourth-order valence-corrected chi connectivity index (χ4v) is 1.90. The minimum Gasteiger partial charge on any atom is -0.333 e. The lowest BCUT2D eigenvalue weighted by atomic mass is 10.1. The molecule has 0 saturated heterocycles. The Morgan fingerprint density at radius 1 is 1.12 bits per heavy atom. The third kappa shape index (κ3) is 10.3. The summed E-state index contributed by atoms with van der Waals surface area (Å²) in [6.07, 6.45) is 0. The first-order valence-corrected chi connectivity index (χ1v) is 6.37. The van der Waals surface area contributed by atoms with Crippen molar-refractivity contribution in [2.75, 3.05) is 18.8 Å². The van der Waals surface area contributed by atoms with E-state index in [9.17, 15) is 4.79 Å². The van der Waals surface area contributed by atoms with Crippen molar-refractivity contribution in [3.05, 3.63) is 0 Å². The van der Waals surface area contributed by atoms with Crippen molar-refractivity contribution in [1.82, 2.24) is 4.90 Å². The van der Waals surface area contributed by atoms with Crippen LogP contribution in [0.5, 0.6) is 0 Å². The Bertz CT molecular complexity index is 169. The predicted octanol–water partition coefficient (Wildman–Crippen LogP) is 3.25. The number of amides is 1. The van der Waals surface area contributed by atoms with Crippen molar-refractivity contribution >= 4 is 25.4 Å². The van der Waals surface area contributed by atoms with E-state index in [-0.39, 0.29) is 18.4 Å². The van der Waals surface area contributed by atoms with E-state index in [0.717, 1.165) is 18.8 Å². The van der Waals surface area contributed by atoms with Crippen LogP contribution in [0.4, 0.5) is 9.50 Å². The first-order chi connectivity index (χ1) is 6.47. The van der Waals surface area contributed by atoms with Gasteiger partial charge in [-0.25, -0.2) is 0 Å². The molecular formula is C11H24BFNOS. The number of thioether (sulfide) groups is 1. The standard InChI is InChI=1S/C11H23NOS.B.FH/c1-6-14-11(13)12(7-9(2)3)8-10(4)5;;/h9-10H,6-8H2,1-5H3;;1H. The molecule has 5 heteroatoms. The third-order valence-electron chi connectivity index (χ3n) is 1.70. The maximum absolute atomic E-state index is 11.7. The highest BCUT2D eigenvalue weighted by Crippen LogP contribution is 2.12. The zero-order valence-electron chi connectivity index (χ0n) is 11.0. The van der Waals surface area contributed by atoms with Crippen molar-refractivity contribution < 1.29 is 9.50 Å². The molecule has 2 nitrogen and oxygen atoms in total. The van der Waals surface area contributed by atoms with Crippen molar-refractivity contribution in [1.29, 1.82) is 0 Å². The molecule has 0 atom stereocenters. The Kier molecular flexibility index (Phi) is 14.9. The van der Waals surface area contributed by atoms with E-state index in [1.165, 1.54) is 11.8 Å². The lowest BCUT2D eigenvalue weighted by Crippen LogP contribution is -2.34. The van der Waals surface area contributed by atoms with Crippen molar-refractivity contribution in [3.8, 4) is 0 Å². The van der Waals surface area contributed by atoms with Crippen LogP contribution in [0.2, 0.25) is 0 Å². The van der Waals surface area contributed by atoms with Crippen LogP contribution < -0.4 is 0 Å². The SMILES string of the molecule is CCSC(=O)N(CC(C)C)CC(C)C.F.[B]. The summed E-state index contributed by atoms with van der Waals surface area (Å²) in [7, 11) is 0. The molecule has 0 saturated carbocycles. The van der Waals surface area contributed by atoms with E-state index >= 15 is 0 Å². The molecule has 0 aromatic carbocycles. The first kappa shape index (κ1) is 21.1. The van der Waals surface area contributed by atoms with Crippen LogP contribution in [0, 0.1) is 11.8 Å². The average molecular weight is 248 g/mol. The van der Waals surface area contributed by atoms with Crippen LogP contribution in [-0.2, 0) is 0 Å². The molecule has 0 spiro atoms. The maximum Gasteiger partial charge on any atom is 0.281 e. The molecule has 0 fully saturated rings. The highest BCUT2D eigenvalue weighted by Gasteiger charge is 2.15. The van der Waals surface area contributed by atoms with Gasteiger partial charge in [-0.3, -0.25) is 9.50 Å². The van der Waals surface area contributed by atoms with Crippen LogP contribution in [0.1, 0.15) is 34.6 Å². The number of halogens is 1. The lowest BCUT2D eigenvalue weighted by molar-refractivity contribution is 0.208. The van der Waals surface area contributed by atoms with E-state index in [2.05, 4.69) is 27.7 Å². The summed E-state index contributed by atoms with van der Waals surface area (Å²) in [6.45, 7) is 12.4. The quantitative estimate of drug-likeness (QED) is 0.696. The molecule has 0 heterocycles. The highest BCUT2D eigenvalue weighted by atomic mass is 32.2. The van der Waals surface area contributed by atoms with Crippen LogP contribution in [0.25, 0.3) is 0 Å². The number of carbonyl (C=O) groups excluding carboxylic acids is 1. The Hall–Kier alpha value is -0.185. The topological polar surface area (TPSA) is 20.3 Å². The molecule has 0 aromatic heterocycles. The summed E-state index contributed by atoms with van der Waals surface area (Å²) in [5.74, 6) is 1.97. The molecule has 0 aliphatic carbocycles. The van der Waals surface area contributed by atoms with Crippen LogP contribution in [0.15, 0.2) is 0 Å². The van der Waals surface area contributed by atoms with Crippen LogP contribution in [0.3, 0.4) is 0 Å². The molecule has 0 N–H and O–H groups in total. The predicted molar refractivity (Wildman–Crippen MR) is 73.0 cm³/mol. The molecule has 0 rings (SSSR count). The molecule has 0 aliphatic rings. The van der Waals surface area contributed by atoms with E-state index in [1.54, 1.807) is 0 Å². The molecular weight excluding hydrogens is 224 g/mol. The second-order valence-electron chi connectivity index (χ2n) is 4.39. The molecule has 0 aromatic rings. The van der Waals surface area contributed by atoms with Crippen molar-refractivity contribution in [2.45, 2.75) is 34.6 Å². The van der Waals surface area contributed by atoms with Crippen LogP contribution >= 0.6 is 11.8 Å². The van der Waals surface area contributed by atoms with Gasteiger partial charge >= 0.3 is 0 Å². The van der Waals surface area contributed by atoms with Gasteiger partial charge in [-0.15, -0.1) is 0 Å². The molecule has 1 amide bonds. The number of carbonyl (C=O) groups is 1. The normalized spacial score (nSPS) is 9.69. The summed E-state index contributed by atoms with van der Waals surface area (Å²) in [6, 6.07) is 0. The Morgan fingerprint density at radius 2 is 1.50 bits per heavy atom. The van der Waals surface area contributed by atoms with E-state index in [4.69, 9.17) is 0 Å². The third-order valence-corrected chi connectivity index (χ3v) is 2.49. The maximum atomic E-state index is 11.7. The van der Waals surface area contributed by atoms with Gasteiger partial charge in [0, 0.05) is 21.5 Å². The Morgan fingerprint density at radius 3 is 1.75 bits per heavy atom. The minimum atomic E-state index is 0. The van der Waals surface area contributed by atoms with Gasteiger partial charge in [-0.1, -0.05) is 46.4 Å². The summed E-state index contributed by atoms with van der Waals surface area (Å²) in [4.78, 5) is 13.7. The lowest BCUT2D eigenvalue weighted by Gasteiger charge is -2.25. The van der Waals surface area contributed by atoms with Crippen molar-refractivity contribution in [2.24, 2.45) is 11.8 Å². The zero-order valence-corrected chi connectivity index (χ0v) is 11.8. The molecule has 0 bridgehead atoms. The number of hydrogen-bond acceptors (Lipinski definition) is 2. The van der Waals surface area contributed by atoms with Gasteiger partial charge in [0.15, 0.2) is 0 Å².